The van der Waals surface area contributed by atoms with Gasteiger partial charge in [-0.2, -0.15) is 0 Å². The van der Waals surface area contributed by atoms with E-state index < -0.39 is 15.1 Å². The third-order valence-corrected chi connectivity index (χ3v) is 5.87. The van der Waals surface area contributed by atoms with Gasteiger partial charge in [-0.25, -0.2) is 8.42 Å². The summed E-state index contributed by atoms with van der Waals surface area (Å²) in [5, 5.41) is 10.0. The predicted molar refractivity (Wildman–Crippen MR) is 95.3 cm³/mol. The Labute approximate surface area is 172 Å². The van der Waals surface area contributed by atoms with Gasteiger partial charge in [0.25, 0.3) is 0 Å². The number of aliphatic hydroxyl groups is 1. The van der Waals surface area contributed by atoms with Crippen LogP contribution in [0.2, 0.25) is 0 Å². The van der Waals surface area contributed by atoms with E-state index >= 15 is 0 Å². The number of unbranched alkanes of at least 4 members (excludes halogenated alkanes) is 11. The second-order valence-corrected chi connectivity index (χ2v) is 8.46. The van der Waals surface area contributed by atoms with E-state index in [0.29, 0.717) is 12.8 Å². The minimum Gasteiger partial charge on any atom is -0.746 e. The molecule has 0 spiro atoms. The van der Waals surface area contributed by atoms with Crippen LogP contribution < -0.4 is 29.6 Å². The van der Waals surface area contributed by atoms with Crippen molar-refractivity contribution in [3.8, 4) is 0 Å². The molecule has 0 aliphatic heterocycles. The summed E-state index contributed by atoms with van der Waals surface area (Å²) in [7, 11) is -4.64. The maximum absolute atomic E-state index is 11.2. The molecule has 140 valence electrons. The molecule has 0 aromatic carbocycles. The van der Waals surface area contributed by atoms with Gasteiger partial charge in [-0.3, -0.25) is 0 Å². The van der Waals surface area contributed by atoms with E-state index in [2.05, 4.69) is 6.92 Å². The summed E-state index contributed by atoms with van der Waals surface area (Å²) in [6, 6.07) is 0. The average Bonchev–Trinajstić information content (AvgIpc) is 2.47. The summed E-state index contributed by atoms with van der Waals surface area (Å²) in [6.07, 6.45) is 14.8. The van der Waals surface area contributed by atoms with Crippen LogP contribution in [-0.4, -0.2) is 23.0 Å². The van der Waals surface area contributed by atoms with Crippen molar-refractivity contribution in [1.29, 1.82) is 0 Å². The van der Waals surface area contributed by atoms with Crippen LogP contribution >= 0.6 is 0 Å². The Morgan fingerprint density at radius 1 is 0.708 bits per heavy atom. The Bertz CT molecular complexity index is 373. The SMILES string of the molecule is CCCCCCCCCCCCCCC(O)(CCC)S(=O)(=O)[O-].[Na+]. The standard InChI is InChI=1S/C18H38O4S.Na/c1-3-5-6-7-8-9-10-11-12-13-14-15-17-18(19,16-4-2)23(20,21)22;/h19H,3-17H2,1-2H3,(H,20,21,22);/q;+1/p-1. The molecule has 0 aliphatic carbocycles. The van der Waals surface area contributed by atoms with Gasteiger partial charge < -0.3 is 9.66 Å². The van der Waals surface area contributed by atoms with Crippen LogP contribution in [0.1, 0.15) is 110 Å². The normalized spacial score (nSPS) is 14.2. The van der Waals surface area contributed by atoms with Gasteiger partial charge in [0.1, 0.15) is 10.1 Å². The second-order valence-electron chi connectivity index (χ2n) is 6.79. The fourth-order valence-corrected chi connectivity index (χ4v) is 3.86. The predicted octanol–water partition coefficient (Wildman–Crippen LogP) is 2.12. The fraction of sp³-hybridized carbons (Fsp3) is 1.00. The van der Waals surface area contributed by atoms with Gasteiger partial charge in [0.05, 0.1) is 0 Å². The van der Waals surface area contributed by atoms with Crippen molar-refractivity contribution in [3.05, 3.63) is 0 Å². The van der Waals surface area contributed by atoms with Crippen molar-refractivity contribution in [3.63, 3.8) is 0 Å². The van der Waals surface area contributed by atoms with E-state index in [1.165, 1.54) is 51.4 Å². The first-order valence-corrected chi connectivity index (χ1v) is 11.0. The van der Waals surface area contributed by atoms with E-state index in [1.54, 1.807) is 6.92 Å². The minimum absolute atomic E-state index is 0. The minimum atomic E-state index is -4.64. The number of rotatable bonds is 16. The molecule has 0 aliphatic rings. The average molecular weight is 373 g/mol. The number of hydrogen-bond donors (Lipinski definition) is 1. The largest absolute Gasteiger partial charge is 1.00 e. The summed E-state index contributed by atoms with van der Waals surface area (Å²) in [5.74, 6) is 0. The third kappa shape index (κ3) is 13.1. The van der Waals surface area contributed by atoms with Crippen molar-refractivity contribution in [2.45, 2.75) is 115 Å². The summed E-state index contributed by atoms with van der Waals surface area (Å²) < 4.78 is 33.5. The van der Waals surface area contributed by atoms with Crippen molar-refractivity contribution >= 4 is 10.1 Å². The Morgan fingerprint density at radius 3 is 1.42 bits per heavy atom. The Balaban J connectivity index is 0. The Kier molecular flexibility index (Phi) is 18.1. The van der Waals surface area contributed by atoms with Crippen LogP contribution in [0.3, 0.4) is 0 Å². The van der Waals surface area contributed by atoms with E-state index in [-0.39, 0.29) is 42.4 Å². The molecule has 1 unspecified atom stereocenters. The van der Waals surface area contributed by atoms with Crippen LogP contribution in [0.15, 0.2) is 0 Å². The summed E-state index contributed by atoms with van der Waals surface area (Å²) in [4.78, 5) is -2.06. The summed E-state index contributed by atoms with van der Waals surface area (Å²) in [6.45, 7) is 4.01. The Hall–Kier alpha value is 0.870. The van der Waals surface area contributed by atoms with Gasteiger partial charge in [0.15, 0.2) is 4.93 Å². The van der Waals surface area contributed by atoms with E-state index in [9.17, 15) is 18.1 Å². The molecule has 1 atom stereocenters. The van der Waals surface area contributed by atoms with Crippen molar-refractivity contribution in [2.75, 3.05) is 0 Å². The van der Waals surface area contributed by atoms with E-state index in [1.807, 2.05) is 0 Å². The maximum Gasteiger partial charge on any atom is 1.00 e. The van der Waals surface area contributed by atoms with Gasteiger partial charge in [-0.1, -0.05) is 90.9 Å². The molecule has 1 N–H and O–H groups in total. The topological polar surface area (TPSA) is 77.4 Å². The third-order valence-electron chi connectivity index (χ3n) is 4.53. The molecular weight excluding hydrogens is 335 g/mol. The quantitative estimate of drug-likeness (QED) is 0.256. The van der Waals surface area contributed by atoms with Gasteiger partial charge in [0.2, 0.25) is 0 Å². The molecule has 0 heterocycles. The summed E-state index contributed by atoms with van der Waals surface area (Å²) >= 11 is 0. The molecule has 0 saturated carbocycles. The first-order valence-electron chi connectivity index (χ1n) is 9.55. The van der Waals surface area contributed by atoms with Crippen LogP contribution in [0.5, 0.6) is 0 Å². The number of hydrogen-bond acceptors (Lipinski definition) is 4. The smallest absolute Gasteiger partial charge is 0.746 e. The zero-order valence-corrected chi connectivity index (χ0v) is 19.0. The molecule has 0 bridgehead atoms. The van der Waals surface area contributed by atoms with E-state index in [0.717, 1.165) is 19.3 Å². The van der Waals surface area contributed by atoms with Crippen LogP contribution in [0.25, 0.3) is 0 Å². The van der Waals surface area contributed by atoms with Crippen molar-refractivity contribution in [1.82, 2.24) is 0 Å². The molecular formula is C18H37NaO4S. The molecule has 0 radical (unpaired) electrons. The zero-order valence-electron chi connectivity index (χ0n) is 16.2. The fourth-order valence-electron chi connectivity index (χ4n) is 3.01. The summed E-state index contributed by atoms with van der Waals surface area (Å²) in [5.41, 5.74) is 0. The monoisotopic (exact) mass is 372 g/mol. The molecule has 6 heteroatoms. The molecule has 4 nitrogen and oxygen atoms in total. The van der Waals surface area contributed by atoms with Crippen LogP contribution in [-0.2, 0) is 10.1 Å². The molecule has 0 aromatic rings. The van der Waals surface area contributed by atoms with E-state index in [4.69, 9.17) is 0 Å². The molecule has 0 rings (SSSR count). The first-order chi connectivity index (χ1) is 10.9. The van der Waals surface area contributed by atoms with Crippen molar-refractivity contribution < 1.29 is 47.6 Å². The molecule has 0 saturated heterocycles. The maximum atomic E-state index is 11.2. The molecule has 0 amide bonds. The second kappa shape index (κ2) is 16.1. The Morgan fingerprint density at radius 2 is 1.08 bits per heavy atom. The van der Waals surface area contributed by atoms with Gasteiger partial charge in [-0.05, 0) is 19.3 Å². The first kappa shape index (κ1) is 27.1. The zero-order chi connectivity index (χ0) is 17.6. The molecule has 0 aromatic heterocycles. The van der Waals surface area contributed by atoms with Gasteiger partial charge in [-0.15, -0.1) is 0 Å². The molecule has 0 fully saturated rings. The van der Waals surface area contributed by atoms with Crippen LogP contribution in [0, 0.1) is 0 Å². The van der Waals surface area contributed by atoms with Crippen LogP contribution in [0.4, 0.5) is 0 Å². The van der Waals surface area contributed by atoms with Gasteiger partial charge >= 0.3 is 29.6 Å². The van der Waals surface area contributed by atoms with Gasteiger partial charge in [0, 0.05) is 0 Å². The van der Waals surface area contributed by atoms with Crippen molar-refractivity contribution in [2.24, 2.45) is 0 Å². The molecule has 24 heavy (non-hydrogen) atoms.